The third kappa shape index (κ3) is 10.8. The molecule has 13 heavy (non-hydrogen) atoms. The largest absolute Gasteiger partial charge is 0.130 e. The van der Waals surface area contributed by atoms with Crippen molar-refractivity contribution < 1.29 is 0 Å². The number of allylic oxidation sites excluding steroid dienone is 4. The fourth-order valence-electron chi connectivity index (χ4n) is 0.511. The van der Waals surface area contributed by atoms with Gasteiger partial charge in [0, 0.05) is 0 Å². The van der Waals surface area contributed by atoms with E-state index in [1.165, 1.54) is 0 Å². The minimum absolute atomic E-state index is 1.23. The van der Waals surface area contributed by atoms with Crippen LogP contribution in [0.3, 0.4) is 0 Å². The molecular weight excluding hydrogens is 172 g/mol. The Hall–Kier alpha value is -1.18. The topological polar surface area (TPSA) is 0 Å². The minimum Gasteiger partial charge on any atom is -0.118 e. The molecule has 0 bridgehead atoms. The summed E-state index contributed by atoms with van der Waals surface area (Å²) in [4.78, 5) is 0. The Balaban J connectivity index is 4.05. The lowest BCUT2D eigenvalue weighted by Crippen LogP contribution is -2.16. The summed E-state index contributed by atoms with van der Waals surface area (Å²) in [5, 5.41) is 0. The highest BCUT2D eigenvalue weighted by molar-refractivity contribution is 6.83. The van der Waals surface area contributed by atoms with E-state index >= 15 is 0 Å². The molecule has 1 heteroatoms. The van der Waals surface area contributed by atoms with Crippen molar-refractivity contribution in [2.24, 2.45) is 0 Å². The van der Waals surface area contributed by atoms with Crippen LogP contribution < -0.4 is 0 Å². The van der Waals surface area contributed by atoms with Crippen LogP contribution >= 0.6 is 0 Å². The zero-order chi connectivity index (χ0) is 10.2. The molecule has 0 aliphatic rings. The molecule has 0 fully saturated rings. The molecule has 0 aliphatic carbocycles. The van der Waals surface area contributed by atoms with Gasteiger partial charge in [-0.3, -0.25) is 0 Å². The monoisotopic (exact) mass is 188 g/mol. The van der Waals surface area contributed by atoms with Crippen LogP contribution in [-0.2, 0) is 0 Å². The first-order chi connectivity index (χ1) is 6.06. The van der Waals surface area contributed by atoms with Crippen LogP contribution in [0.2, 0.25) is 19.6 Å². The van der Waals surface area contributed by atoms with Gasteiger partial charge in [-0.2, -0.15) is 0 Å². The van der Waals surface area contributed by atoms with Crippen LogP contribution in [0.1, 0.15) is 6.92 Å². The van der Waals surface area contributed by atoms with Gasteiger partial charge in [-0.15, -0.1) is 5.54 Å². The number of rotatable bonds is 1. The molecule has 0 aromatic heterocycles. The Morgan fingerprint density at radius 3 is 2.23 bits per heavy atom. The molecule has 68 valence electrons. The van der Waals surface area contributed by atoms with E-state index in [1.54, 1.807) is 6.08 Å². The van der Waals surface area contributed by atoms with E-state index in [2.05, 4.69) is 42.9 Å². The molecule has 0 nitrogen and oxygen atoms in total. The highest BCUT2D eigenvalue weighted by atomic mass is 28.3. The van der Waals surface area contributed by atoms with Crippen LogP contribution in [0, 0.1) is 23.3 Å². The third-order valence-electron chi connectivity index (χ3n) is 1.06. The lowest BCUT2D eigenvalue weighted by Gasteiger charge is -2.01. The van der Waals surface area contributed by atoms with Gasteiger partial charge in [0.05, 0.1) is 0 Å². The van der Waals surface area contributed by atoms with Crippen molar-refractivity contribution in [3.63, 3.8) is 0 Å². The van der Waals surface area contributed by atoms with Gasteiger partial charge >= 0.3 is 0 Å². The molecule has 0 aromatic carbocycles. The van der Waals surface area contributed by atoms with Crippen molar-refractivity contribution in [1.29, 1.82) is 0 Å². The zero-order valence-corrected chi connectivity index (χ0v) is 9.81. The summed E-state index contributed by atoms with van der Waals surface area (Å²) in [5.74, 6) is 8.54. The van der Waals surface area contributed by atoms with Crippen molar-refractivity contribution in [2.75, 3.05) is 0 Å². The van der Waals surface area contributed by atoms with Gasteiger partial charge in [0.2, 0.25) is 0 Å². The first-order valence-corrected chi connectivity index (χ1v) is 7.87. The molecule has 0 aromatic rings. The molecule has 0 rings (SSSR count). The molecule has 0 heterocycles. The quantitative estimate of drug-likeness (QED) is 0.337. The van der Waals surface area contributed by atoms with Gasteiger partial charge in [-0.1, -0.05) is 43.8 Å². The highest BCUT2D eigenvalue weighted by Crippen LogP contribution is 1.95. The Morgan fingerprint density at radius 1 is 1.00 bits per heavy atom. The fraction of sp³-hybridized carbons (Fsp3) is 0.333. The summed E-state index contributed by atoms with van der Waals surface area (Å²) in [6, 6.07) is 0. The van der Waals surface area contributed by atoms with Gasteiger partial charge in [0.25, 0.3) is 0 Å². The van der Waals surface area contributed by atoms with Crippen LogP contribution in [0.5, 0.6) is 0 Å². The predicted octanol–water partition coefficient (Wildman–Crippen LogP) is 3.00. The van der Waals surface area contributed by atoms with E-state index in [4.69, 9.17) is 0 Å². The molecule has 0 spiro atoms. The average Bonchev–Trinajstić information content (AvgIpc) is 2.01. The molecule has 0 radical (unpaired) electrons. The molecule has 0 unspecified atom stereocenters. The molecule has 0 saturated heterocycles. The highest BCUT2D eigenvalue weighted by Gasteiger charge is 2.06. The van der Waals surface area contributed by atoms with E-state index in [0.717, 1.165) is 0 Å². The van der Waals surface area contributed by atoms with Crippen LogP contribution in [0.15, 0.2) is 24.3 Å². The van der Waals surface area contributed by atoms with E-state index in [1.807, 2.05) is 25.2 Å². The standard InChI is InChI=1S/C12H16Si/c1-5-6-7-8-9-10-11-12-13(2,3)4/h5-8H,1-4H3/b6-5+,8-7+. The SMILES string of the molecule is C/C=C/C=C/C#CC#C[Si](C)(C)C. The van der Waals surface area contributed by atoms with Crippen molar-refractivity contribution in [2.45, 2.75) is 26.6 Å². The van der Waals surface area contributed by atoms with Crippen LogP contribution in [-0.4, -0.2) is 8.07 Å². The van der Waals surface area contributed by atoms with Crippen LogP contribution in [0.25, 0.3) is 0 Å². The molecule has 0 aliphatic heterocycles. The second kappa shape index (κ2) is 6.35. The lowest BCUT2D eigenvalue weighted by molar-refractivity contribution is 1.74. The maximum atomic E-state index is 3.18. The number of hydrogen-bond donors (Lipinski definition) is 0. The molecule has 0 amide bonds. The Morgan fingerprint density at radius 2 is 1.69 bits per heavy atom. The lowest BCUT2D eigenvalue weighted by atomic mass is 10.4. The summed E-state index contributed by atoms with van der Waals surface area (Å²) in [5.41, 5.74) is 3.18. The molecular formula is C12H16Si. The van der Waals surface area contributed by atoms with E-state index in [0.29, 0.717) is 0 Å². The van der Waals surface area contributed by atoms with Crippen molar-refractivity contribution >= 4 is 8.07 Å². The molecule has 0 saturated carbocycles. The van der Waals surface area contributed by atoms with Crippen molar-refractivity contribution in [3.8, 4) is 23.3 Å². The summed E-state index contributed by atoms with van der Waals surface area (Å²) < 4.78 is 0. The van der Waals surface area contributed by atoms with Gasteiger partial charge in [0.1, 0.15) is 8.07 Å². The smallest absolute Gasteiger partial charge is 0.118 e. The van der Waals surface area contributed by atoms with E-state index < -0.39 is 8.07 Å². The maximum absolute atomic E-state index is 3.18. The molecule has 0 atom stereocenters. The third-order valence-corrected chi connectivity index (χ3v) is 1.93. The van der Waals surface area contributed by atoms with E-state index in [-0.39, 0.29) is 0 Å². The average molecular weight is 188 g/mol. The minimum atomic E-state index is -1.23. The fourth-order valence-corrected chi connectivity index (χ4v) is 0.949. The summed E-state index contributed by atoms with van der Waals surface area (Å²) in [6.45, 7) is 8.59. The first kappa shape index (κ1) is 11.8. The van der Waals surface area contributed by atoms with Crippen LogP contribution in [0.4, 0.5) is 0 Å². The van der Waals surface area contributed by atoms with Gasteiger partial charge in [-0.25, -0.2) is 0 Å². The van der Waals surface area contributed by atoms with Crippen molar-refractivity contribution in [1.82, 2.24) is 0 Å². The summed E-state index contributed by atoms with van der Waals surface area (Å²) in [7, 11) is -1.23. The Bertz CT molecular complexity index is 305. The second-order valence-electron chi connectivity index (χ2n) is 3.65. The first-order valence-electron chi connectivity index (χ1n) is 4.37. The zero-order valence-electron chi connectivity index (χ0n) is 8.81. The Kier molecular flexibility index (Phi) is 5.77. The summed E-state index contributed by atoms with van der Waals surface area (Å²) in [6.07, 6.45) is 7.62. The van der Waals surface area contributed by atoms with Crippen molar-refractivity contribution in [3.05, 3.63) is 24.3 Å². The van der Waals surface area contributed by atoms with E-state index in [9.17, 15) is 0 Å². The van der Waals surface area contributed by atoms with Gasteiger partial charge in [0.15, 0.2) is 0 Å². The van der Waals surface area contributed by atoms with Gasteiger partial charge < -0.3 is 0 Å². The normalized spacial score (nSPS) is 10.8. The number of hydrogen-bond acceptors (Lipinski definition) is 0. The Labute approximate surface area is 82.8 Å². The predicted molar refractivity (Wildman–Crippen MR) is 62.9 cm³/mol. The second-order valence-corrected chi connectivity index (χ2v) is 8.40. The van der Waals surface area contributed by atoms with Gasteiger partial charge in [-0.05, 0) is 24.8 Å². The summed E-state index contributed by atoms with van der Waals surface area (Å²) >= 11 is 0. The maximum Gasteiger partial charge on any atom is 0.130 e. The molecule has 0 N–H and O–H groups in total.